The minimum atomic E-state index is -2.68. The lowest BCUT2D eigenvalue weighted by Gasteiger charge is -2.41. The molecule has 3 nitrogen and oxygen atoms in total. The smallest absolute Gasteiger partial charge is 0.262 e. The third-order valence-electron chi connectivity index (χ3n) is 3.42. The van der Waals surface area contributed by atoms with Crippen LogP contribution in [-0.2, 0) is 4.79 Å². The molecule has 2 atom stereocenters. The van der Waals surface area contributed by atoms with Gasteiger partial charge in [0.15, 0.2) is 0 Å². The molecule has 1 N–H and O–H groups in total. The predicted octanol–water partition coefficient (Wildman–Crippen LogP) is 1.24. The van der Waals surface area contributed by atoms with Gasteiger partial charge in [-0.05, 0) is 12.3 Å². The SMILES string of the molecule is CC1CCC(=O)N([C@H]2CNCC(F)(F)C2)C1. The Balaban J connectivity index is 2.02. The second-order valence-corrected chi connectivity index (χ2v) is 5.03. The highest BCUT2D eigenvalue weighted by molar-refractivity contribution is 5.77. The van der Waals surface area contributed by atoms with Crippen LogP contribution in [0.3, 0.4) is 0 Å². The summed E-state index contributed by atoms with van der Waals surface area (Å²) < 4.78 is 26.5. The van der Waals surface area contributed by atoms with Gasteiger partial charge in [0.1, 0.15) is 0 Å². The van der Waals surface area contributed by atoms with E-state index in [0.29, 0.717) is 25.4 Å². The van der Waals surface area contributed by atoms with Crippen molar-refractivity contribution in [1.29, 1.82) is 0 Å². The first-order chi connectivity index (χ1) is 7.48. The molecule has 2 aliphatic rings. The number of amides is 1. The summed E-state index contributed by atoms with van der Waals surface area (Å²) in [6.45, 7) is 2.92. The molecule has 0 aliphatic carbocycles. The van der Waals surface area contributed by atoms with E-state index in [2.05, 4.69) is 12.2 Å². The third-order valence-corrected chi connectivity index (χ3v) is 3.42. The molecule has 5 heteroatoms. The van der Waals surface area contributed by atoms with E-state index in [9.17, 15) is 13.6 Å². The van der Waals surface area contributed by atoms with Crippen LogP contribution >= 0.6 is 0 Å². The quantitative estimate of drug-likeness (QED) is 0.737. The zero-order chi connectivity index (χ0) is 11.8. The van der Waals surface area contributed by atoms with Gasteiger partial charge in [0.2, 0.25) is 5.91 Å². The fourth-order valence-corrected chi connectivity index (χ4v) is 2.53. The van der Waals surface area contributed by atoms with Gasteiger partial charge in [-0.3, -0.25) is 4.79 Å². The number of piperidine rings is 2. The summed E-state index contributed by atoms with van der Waals surface area (Å²) in [5.41, 5.74) is 0. The molecule has 0 aromatic heterocycles. The lowest BCUT2D eigenvalue weighted by Crippen LogP contribution is -2.57. The molecule has 0 spiro atoms. The molecule has 0 radical (unpaired) electrons. The molecule has 2 saturated heterocycles. The molecule has 0 saturated carbocycles. The highest BCUT2D eigenvalue weighted by Gasteiger charge is 2.40. The van der Waals surface area contributed by atoms with Crippen LogP contribution in [0.25, 0.3) is 0 Å². The average Bonchev–Trinajstić information content (AvgIpc) is 2.20. The fraction of sp³-hybridized carbons (Fsp3) is 0.909. The van der Waals surface area contributed by atoms with Crippen LogP contribution in [0, 0.1) is 5.92 Å². The summed E-state index contributed by atoms with van der Waals surface area (Å²) in [5, 5.41) is 2.71. The van der Waals surface area contributed by atoms with Gasteiger partial charge in [-0.2, -0.15) is 0 Å². The Labute approximate surface area is 94.2 Å². The number of hydrogen-bond donors (Lipinski definition) is 1. The molecule has 1 unspecified atom stereocenters. The first kappa shape index (κ1) is 11.8. The number of alkyl halides is 2. The van der Waals surface area contributed by atoms with Crippen LogP contribution in [0.2, 0.25) is 0 Å². The second kappa shape index (κ2) is 4.28. The molecule has 2 heterocycles. The Kier molecular flexibility index (Phi) is 3.15. The zero-order valence-electron chi connectivity index (χ0n) is 9.51. The van der Waals surface area contributed by atoms with Crippen molar-refractivity contribution in [1.82, 2.24) is 10.2 Å². The van der Waals surface area contributed by atoms with Crippen LogP contribution < -0.4 is 5.32 Å². The number of nitrogens with zero attached hydrogens (tertiary/aromatic N) is 1. The van der Waals surface area contributed by atoms with Gasteiger partial charge < -0.3 is 10.2 Å². The Morgan fingerprint density at radius 3 is 2.94 bits per heavy atom. The molecule has 2 aliphatic heterocycles. The summed E-state index contributed by atoms with van der Waals surface area (Å²) in [4.78, 5) is 13.4. The molecule has 0 aromatic rings. The number of carbonyl (C=O) groups is 1. The van der Waals surface area contributed by atoms with E-state index < -0.39 is 5.92 Å². The van der Waals surface area contributed by atoms with Crippen molar-refractivity contribution in [3.63, 3.8) is 0 Å². The van der Waals surface area contributed by atoms with Crippen molar-refractivity contribution in [3.8, 4) is 0 Å². The maximum absolute atomic E-state index is 13.2. The summed E-state index contributed by atoms with van der Waals surface area (Å²) in [6.07, 6.45) is 1.19. The van der Waals surface area contributed by atoms with E-state index in [-0.39, 0.29) is 24.9 Å². The second-order valence-electron chi connectivity index (χ2n) is 5.03. The minimum absolute atomic E-state index is 0.0302. The van der Waals surface area contributed by atoms with Gasteiger partial charge in [-0.15, -0.1) is 0 Å². The number of halogens is 2. The van der Waals surface area contributed by atoms with Gasteiger partial charge in [0, 0.05) is 32.0 Å². The number of nitrogens with one attached hydrogen (secondary N) is 1. The molecule has 16 heavy (non-hydrogen) atoms. The van der Waals surface area contributed by atoms with Gasteiger partial charge in [0.05, 0.1) is 6.54 Å². The summed E-state index contributed by atoms with van der Waals surface area (Å²) in [6, 6.07) is -0.334. The topological polar surface area (TPSA) is 32.3 Å². The molecular weight excluding hydrogens is 214 g/mol. The maximum atomic E-state index is 13.2. The highest BCUT2D eigenvalue weighted by Crippen LogP contribution is 2.28. The van der Waals surface area contributed by atoms with E-state index in [1.807, 2.05) is 0 Å². The summed E-state index contributed by atoms with van der Waals surface area (Å²) in [7, 11) is 0. The van der Waals surface area contributed by atoms with Crippen molar-refractivity contribution in [2.75, 3.05) is 19.6 Å². The number of carbonyl (C=O) groups excluding carboxylic acids is 1. The Bertz CT molecular complexity index is 283. The first-order valence-corrected chi connectivity index (χ1v) is 5.86. The van der Waals surface area contributed by atoms with Crippen molar-refractivity contribution >= 4 is 5.91 Å². The van der Waals surface area contributed by atoms with Gasteiger partial charge in [-0.25, -0.2) is 8.78 Å². The number of likely N-dealkylation sites (tertiary alicyclic amines) is 1. The van der Waals surface area contributed by atoms with Crippen LogP contribution in [0.4, 0.5) is 8.78 Å². The van der Waals surface area contributed by atoms with Gasteiger partial charge in [-0.1, -0.05) is 6.92 Å². The Morgan fingerprint density at radius 2 is 2.25 bits per heavy atom. The minimum Gasteiger partial charge on any atom is -0.338 e. The number of rotatable bonds is 1. The lowest BCUT2D eigenvalue weighted by molar-refractivity contribution is -0.141. The van der Waals surface area contributed by atoms with E-state index in [4.69, 9.17) is 0 Å². The van der Waals surface area contributed by atoms with Crippen LogP contribution in [-0.4, -0.2) is 42.4 Å². The van der Waals surface area contributed by atoms with E-state index >= 15 is 0 Å². The normalized spacial score (nSPS) is 35.2. The van der Waals surface area contributed by atoms with Crippen molar-refractivity contribution in [2.24, 2.45) is 5.92 Å². The standard InChI is InChI=1S/C11H18F2N2O/c1-8-2-3-10(16)15(6-8)9-4-11(12,13)7-14-5-9/h8-9,14H,2-7H2,1H3/t8?,9-/m1/s1. The molecular formula is C11H18F2N2O. The lowest BCUT2D eigenvalue weighted by atomic mass is 9.95. The number of hydrogen-bond acceptors (Lipinski definition) is 2. The van der Waals surface area contributed by atoms with E-state index in [1.165, 1.54) is 0 Å². The van der Waals surface area contributed by atoms with Crippen molar-refractivity contribution < 1.29 is 13.6 Å². The molecule has 2 rings (SSSR count). The third kappa shape index (κ3) is 2.51. The molecule has 92 valence electrons. The Morgan fingerprint density at radius 1 is 1.50 bits per heavy atom. The average molecular weight is 232 g/mol. The largest absolute Gasteiger partial charge is 0.338 e. The van der Waals surface area contributed by atoms with Crippen LogP contribution in [0.1, 0.15) is 26.2 Å². The first-order valence-electron chi connectivity index (χ1n) is 5.86. The molecule has 2 fully saturated rings. The summed E-state index contributed by atoms with van der Waals surface area (Å²) in [5.74, 6) is -2.22. The zero-order valence-corrected chi connectivity index (χ0v) is 9.51. The van der Waals surface area contributed by atoms with Crippen molar-refractivity contribution in [2.45, 2.75) is 38.2 Å². The maximum Gasteiger partial charge on any atom is 0.262 e. The molecule has 0 bridgehead atoms. The van der Waals surface area contributed by atoms with Crippen LogP contribution in [0.5, 0.6) is 0 Å². The molecule has 1 amide bonds. The van der Waals surface area contributed by atoms with E-state index in [1.54, 1.807) is 4.90 Å². The van der Waals surface area contributed by atoms with Gasteiger partial charge >= 0.3 is 0 Å². The predicted molar refractivity (Wildman–Crippen MR) is 56.3 cm³/mol. The monoisotopic (exact) mass is 232 g/mol. The summed E-state index contributed by atoms with van der Waals surface area (Å²) >= 11 is 0. The Hall–Kier alpha value is -0.710. The fourth-order valence-electron chi connectivity index (χ4n) is 2.53. The molecule has 0 aromatic carbocycles. The van der Waals surface area contributed by atoms with Crippen molar-refractivity contribution in [3.05, 3.63) is 0 Å². The highest BCUT2D eigenvalue weighted by atomic mass is 19.3. The van der Waals surface area contributed by atoms with Crippen LogP contribution in [0.15, 0.2) is 0 Å². The van der Waals surface area contributed by atoms with E-state index in [0.717, 1.165) is 6.42 Å². The van der Waals surface area contributed by atoms with Gasteiger partial charge in [0.25, 0.3) is 5.92 Å².